The van der Waals surface area contributed by atoms with E-state index in [-0.39, 0.29) is 5.82 Å². The lowest BCUT2D eigenvalue weighted by molar-refractivity contribution is -0.0812. The molecule has 0 unspecified atom stereocenters. The maximum absolute atomic E-state index is 11.7. The first-order valence-corrected chi connectivity index (χ1v) is 5.59. The van der Waals surface area contributed by atoms with Crippen molar-refractivity contribution >= 4 is 5.82 Å². The zero-order valence-electron chi connectivity index (χ0n) is 10.0. The number of nitrogens with zero attached hydrogens (tertiary/aromatic N) is 2. The van der Waals surface area contributed by atoms with Crippen LogP contribution in [0.1, 0.15) is 6.23 Å². The van der Waals surface area contributed by atoms with Crippen LogP contribution in [0, 0.1) is 0 Å². The highest BCUT2D eigenvalue weighted by Gasteiger charge is 2.54. The number of nitrogen functional groups attached to an aromatic ring is 1. The Morgan fingerprint density at radius 1 is 1.68 bits per heavy atom. The Balaban J connectivity index is 2.48. The number of aliphatic hydroxyl groups is 3. The number of rotatable bonds is 3. The average Bonchev–Trinajstić information content (AvgIpc) is 2.63. The van der Waals surface area contributed by atoms with E-state index in [9.17, 15) is 15.0 Å². The van der Waals surface area contributed by atoms with E-state index in [2.05, 4.69) is 11.6 Å². The number of hydrogen-bond acceptors (Lipinski definition) is 7. The van der Waals surface area contributed by atoms with Crippen LogP contribution in [0.2, 0.25) is 0 Å². The molecule has 1 aliphatic rings. The van der Waals surface area contributed by atoms with Crippen molar-refractivity contribution in [1.82, 2.24) is 9.55 Å². The van der Waals surface area contributed by atoms with E-state index < -0.39 is 36.3 Å². The molecule has 2 rings (SSSR count). The molecular formula is C11H15N3O5. The lowest BCUT2D eigenvalue weighted by Gasteiger charge is -2.28. The monoisotopic (exact) mass is 269 g/mol. The molecule has 1 saturated heterocycles. The van der Waals surface area contributed by atoms with Crippen molar-refractivity contribution in [2.24, 2.45) is 0 Å². The van der Waals surface area contributed by atoms with Gasteiger partial charge in [0.1, 0.15) is 18.0 Å². The molecule has 8 heteroatoms. The first-order valence-electron chi connectivity index (χ1n) is 5.59. The van der Waals surface area contributed by atoms with Crippen molar-refractivity contribution < 1.29 is 20.1 Å². The Kier molecular flexibility index (Phi) is 3.42. The summed E-state index contributed by atoms with van der Waals surface area (Å²) in [6, 6.07) is 1.35. The molecule has 5 N–H and O–H groups in total. The Morgan fingerprint density at radius 2 is 2.37 bits per heavy atom. The first kappa shape index (κ1) is 13.7. The van der Waals surface area contributed by atoms with Crippen LogP contribution in [0.25, 0.3) is 0 Å². The van der Waals surface area contributed by atoms with Crippen LogP contribution in [0.3, 0.4) is 0 Å². The van der Waals surface area contributed by atoms with E-state index in [0.717, 1.165) is 10.6 Å². The van der Waals surface area contributed by atoms with E-state index in [1.165, 1.54) is 12.3 Å². The summed E-state index contributed by atoms with van der Waals surface area (Å²) in [4.78, 5) is 15.2. The summed E-state index contributed by atoms with van der Waals surface area (Å²) >= 11 is 0. The molecule has 1 fully saturated rings. The summed E-state index contributed by atoms with van der Waals surface area (Å²) in [6.07, 6.45) is -1.32. The molecule has 0 amide bonds. The first-order chi connectivity index (χ1) is 8.93. The summed E-state index contributed by atoms with van der Waals surface area (Å²) in [5, 5.41) is 29.4. The zero-order valence-corrected chi connectivity index (χ0v) is 10.0. The fourth-order valence-corrected chi connectivity index (χ4v) is 2.05. The van der Waals surface area contributed by atoms with Gasteiger partial charge in [0.05, 0.1) is 6.61 Å². The Morgan fingerprint density at radius 3 is 2.89 bits per heavy atom. The molecule has 1 aromatic heterocycles. The molecule has 1 aliphatic heterocycles. The Labute approximate surface area is 108 Å². The van der Waals surface area contributed by atoms with Crippen LogP contribution < -0.4 is 11.4 Å². The summed E-state index contributed by atoms with van der Waals surface area (Å²) in [7, 11) is 0. The Hall–Kier alpha value is -1.74. The van der Waals surface area contributed by atoms with Gasteiger partial charge in [-0.05, 0) is 6.07 Å². The van der Waals surface area contributed by atoms with Crippen molar-refractivity contribution in [3.8, 4) is 0 Å². The quantitative estimate of drug-likeness (QED) is 0.466. The van der Waals surface area contributed by atoms with Crippen LogP contribution in [-0.4, -0.2) is 49.3 Å². The highest BCUT2D eigenvalue weighted by Crippen LogP contribution is 2.38. The fraction of sp³-hybridized carbons (Fsp3) is 0.455. The highest BCUT2D eigenvalue weighted by atomic mass is 16.6. The van der Waals surface area contributed by atoms with Crippen LogP contribution in [0.4, 0.5) is 5.82 Å². The predicted octanol–water partition coefficient (Wildman–Crippen LogP) is -2.01. The van der Waals surface area contributed by atoms with Gasteiger partial charge in [-0.2, -0.15) is 4.98 Å². The van der Waals surface area contributed by atoms with Crippen LogP contribution >= 0.6 is 0 Å². The molecule has 1 aromatic rings. The van der Waals surface area contributed by atoms with E-state index in [1.54, 1.807) is 0 Å². The van der Waals surface area contributed by atoms with Crippen molar-refractivity contribution in [3.05, 3.63) is 35.4 Å². The fourth-order valence-electron chi connectivity index (χ4n) is 2.05. The van der Waals surface area contributed by atoms with Gasteiger partial charge in [-0.25, -0.2) is 4.79 Å². The SMILES string of the molecule is C=C[C@@]1(O)[C@H](O)[C@@H](CO)O[C@H]1n1ccc(N)nc1=O. The molecule has 0 radical (unpaired) electrons. The van der Waals surface area contributed by atoms with Gasteiger partial charge in [0, 0.05) is 6.20 Å². The van der Waals surface area contributed by atoms with Gasteiger partial charge < -0.3 is 25.8 Å². The van der Waals surface area contributed by atoms with E-state index >= 15 is 0 Å². The normalized spacial score (nSPS) is 34.4. The number of aliphatic hydroxyl groups excluding tert-OH is 2. The lowest BCUT2D eigenvalue weighted by Crippen LogP contribution is -2.47. The largest absolute Gasteiger partial charge is 0.394 e. The summed E-state index contributed by atoms with van der Waals surface area (Å²) in [5.74, 6) is 0.0284. The second-order valence-corrected chi connectivity index (χ2v) is 4.29. The highest BCUT2D eigenvalue weighted by molar-refractivity contribution is 5.24. The van der Waals surface area contributed by atoms with Crippen molar-refractivity contribution in [2.45, 2.75) is 24.0 Å². The maximum atomic E-state index is 11.7. The van der Waals surface area contributed by atoms with E-state index in [4.69, 9.17) is 15.6 Å². The number of ether oxygens (including phenoxy) is 1. The summed E-state index contributed by atoms with van der Waals surface area (Å²) < 4.78 is 6.28. The molecule has 19 heavy (non-hydrogen) atoms. The minimum absolute atomic E-state index is 0.0284. The molecule has 4 atom stereocenters. The van der Waals surface area contributed by atoms with Gasteiger partial charge in [0.2, 0.25) is 0 Å². The molecule has 0 bridgehead atoms. The average molecular weight is 269 g/mol. The molecule has 0 aromatic carbocycles. The van der Waals surface area contributed by atoms with E-state index in [0.29, 0.717) is 0 Å². The smallest absolute Gasteiger partial charge is 0.351 e. The molecule has 0 saturated carbocycles. The molecule has 8 nitrogen and oxygen atoms in total. The minimum atomic E-state index is -1.91. The summed E-state index contributed by atoms with van der Waals surface area (Å²) in [5.41, 5.74) is 2.72. The van der Waals surface area contributed by atoms with E-state index in [1.807, 2.05) is 0 Å². The Bertz CT molecular complexity index is 545. The molecule has 2 heterocycles. The second kappa shape index (κ2) is 4.74. The van der Waals surface area contributed by atoms with Gasteiger partial charge in [-0.15, -0.1) is 0 Å². The van der Waals surface area contributed by atoms with Crippen LogP contribution in [-0.2, 0) is 4.74 Å². The minimum Gasteiger partial charge on any atom is -0.394 e. The molecule has 0 spiro atoms. The third kappa shape index (κ3) is 2.04. The zero-order chi connectivity index (χ0) is 14.2. The number of nitrogens with two attached hydrogens (primary N) is 1. The van der Waals surface area contributed by atoms with Crippen LogP contribution in [0.15, 0.2) is 29.7 Å². The third-order valence-corrected chi connectivity index (χ3v) is 3.14. The van der Waals surface area contributed by atoms with Crippen molar-refractivity contribution in [2.75, 3.05) is 12.3 Å². The topological polar surface area (TPSA) is 131 Å². The van der Waals surface area contributed by atoms with Gasteiger partial charge in [0.15, 0.2) is 11.8 Å². The standard InChI is InChI=1S/C11H15N3O5/c1-2-11(18)8(16)6(5-15)19-9(11)14-4-3-7(12)13-10(14)17/h2-4,6,8-9,15-16,18H,1,5H2,(H2,12,13,17)/t6-,8-,9-,11-/m1/s1. The van der Waals surface area contributed by atoms with Gasteiger partial charge in [0.25, 0.3) is 0 Å². The van der Waals surface area contributed by atoms with Gasteiger partial charge in [-0.1, -0.05) is 12.7 Å². The van der Waals surface area contributed by atoms with Crippen molar-refractivity contribution in [3.63, 3.8) is 0 Å². The van der Waals surface area contributed by atoms with Crippen LogP contribution in [0.5, 0.6) is 0 Å². The van der Waals surface area contributed by atoms with Crippen molar-refractivity contribution in [1.29, 1.82) is 0 Å². The van der Waals surface area contributed by atoms with Gasteiger partial charge >= 0.3 is 5.69 Å². The molecule has 104 valence electrons. The lowest BCUT2D eigenvalue weighted by atomic mass is 9.94. The summed E-state index contributed by atoms with van der Waals surface area (Å²) in [6.45, 7) is 2.92. The molecular weight excluding hydrogens is 254 g/mol. The third-order valence-electron chi connectivity index (χ3n) is 3.14. The molecule has 0 aliphatic carbocycles. The maximum Gasteiger partial charge on any atom is 0.351 e. The number of anilines is 1. The predicted molar refractivity (Wildman–Crippen MR) is 65.1 cm³/mol. The van der Waals surface area contributed by atoms with Gasteiger partial charge in [-0.3, -0.25) is 4.57 Å². The number of aromatic nitrogens is 2. The second-order valence-electron chi connectivity index (χ2n) is 4.29. The number of hydrogen-bond donors (Lipinski definition) is 4.